The van der Waals surface area contributed by atoms with E-state index in [0.29, 0.717) is 6.04 Å². The van der Waals surface area contributed by atoms with Gasteiger partial charge in [0.15, 0.2) is 0 Å². The van der Waals surface area contributed by atoms with Gasteiger partial charge >= 0.3 is 0 Å². The molecule has 2 aromatic rings. The summed E-state index contributed by atoms with van der Waals surface area (Å²) in [6.45, 7) is 3.29. The van der Waals surface area contributed by atoms with E-state index in [1.807, 2.05) is 6.07 Å². The lowest BCUT2D eigenvalue weighted by Gasteiger charge is -2.13. The smallest absolute Gasteiger partial charge is 0.119 e. The van der Waals surface area contributed by atoms with Gasteiger partial charge in [0.25, 0.3) is 0 Å². The summed E-state index contributed by atoms with van der Waals surface area (Å²) in [6, 6.07) is 6.78. The van der Waals surface area contributed by atoms with Crippen molar-refractivity contribution in [1.29, 1.82) is 0 Å². The van der Waals surface area contributed by atoms with Crippen LogP contribution in [0.25, 0.3) is 10.9 Å². The van der Waals surface area contributed by atoms with Crippen LogP contribution in [0.2, 0.25) is 0 Å². The second kappa shape index (κ2) is 4.65. The minimum Gasteiger partial charge on any atom is -0.497 e. The number of aromatic nitrogens is 1. The van der Waals surface area contributed by atoms with Crippen LogP contribution in [-0.4, -0.2) is 18.6 Å². The van der Waals surface area contributed by atoms with Crippen LogP contribution in [0.15, 0.2) is 18.2 Å². The number of methoxy groups -OCH3 is 1. The Hall–Kier alpha value is -1.48. The molecule has 0 bridgehead atoms. The van der Waals surface area contributed by atoms with Crippen molar-refractivity contribution >= 4 is 10.9 Å². The molecule has 96 valence electrons. The Kier molecular flexibility index (Phi) is 3.00. The van der Waals surface area contributed by atoms with Crippen molar-refractivity contribution in [2.75, 3.05) is 13.7 Å². The van der Waals surface area contributed by atoms with Gasteiger partial charge in [-0.2, -0.15) is 0 Å². The van der Waals surface area contributed by atoms with Crippen LogP contribution in [-0.2, 0) is 6.42 Å². The minimum absolute atomic E-state index is 0.501. The van der Waals surface area contributed by atoms with Crippen LogP contribution in [0.5, 0.6) is 5.75 Å². The fourth-order valence-electron chi connectivity index (χ4n) is 2.93. The van der Waals surface area contributed by atoms with Gasteiger partial charge in [0.05, 0.1) is 7.11 Å². The van der Waals surface area contributed by atoms with Crippen molar-refractivity contribution in [1.82, 2.24) is 10.3 Å². The monoisotopic (exact) mass is 244 g/mol. The predicted octanol–water partition coefficient (Wildman–Crippen LogP) is 3.16. The number of aromatic amines is 1. The zero-order chi connectivity index (χ0) is 12.5. The molecular weight excluding hydrogens is 224 g/mol. The molecule has 0 radical (unpaired) electrons. The molecule has 0 aliphatic heterocycles. The van der Waals surface area contributed by atoms with Gasteiger partial charge in [-0.25, -0.2) is 0 Å². The van der Waals surface area contributed by atoms with E-state index >= 15 is 0 Å². The van der Waals surface area contributed by atoms with Crippen LogP contribution >= 0.6 is 0 Å². The lowest BCUT2D eigenvalue weighted by atomic mass is 10.1. The molecule has 0 saturated carbocycles. The highest BCUT2D eigenvalue weighted by atomic mass is 16.5. The van der Waals surface area contributed by atoms with Gasteiger partial charge in [-0.05, 0) is 49.6 Å². The van der Waals surface area contributed by atoms with Crippen molar-refractivity contribution in [3.8, 4) is 5.75 Å². The quantitative estimate of drug-likeness (QED) is 0.866. The van der Waals surface area contributed by atoms with Crippen LogP contribution in [0.1, 0.15) is 37.1 Å². The maximum atomic E-state index is 5.33. The summed E-state index contributed by atoms with van der Waals surface area (Å²) in [4.78, 5) is 3.54. The first kappa shape index (κ1) is 11.6. The van der Waals surface area contributed by atoms with Crippen LogP contribution in [0.4, 0.5) is 0 Å². The van der Waals surface area contributed by atoms with E-state index in [0.717, 1.165) is 18.7 Å². The molecule has 1 aromatic heterocycles. The number of benzene rings is 1. The Morgan fingerprint density at radius 2 is 2.33 bits per heavy atom. The van der Waals surface area contributed by atoms with Crippen molar-refractivity contribution < 1.29 is 4.74 Å². The molecule has 0 amide bonds. The molecule has 1 heterocycles. The summed E-state index contributed by atoms with van der Waals surface area (Å²) in [6.07, 6.45) is 3.53. The van der Waals surface area contributed by atoms with Gasteiger partial charge in [0, 0.05) is 22.6 Å². The van der Waals surface area contributed by atoms with E-state index in [-0.39, 0.29) is 0 Å². The summed E-state index contributed by atoms with van der Waals surface area (Å²) in [5, 5.41) is 4.96. The van der Waals surface area contributed by atoms with Gasteiger partial charge in [0.2, 0.25) is 0 Å². The molecular formula is C15H20N2O. The maximum Gasteiger partial charge on any atom is 0.119 e. The average molecular weight is 244 g/mol. The van der Waals surface area contributed by atoms with Crippen LogP contribution in [0.3, 0.4) is 0 Å². The predicted molar refractivity (Wildman–Crippen MR) is 74.2 cm³/mol. The lowest BCUT2D eigenvalue weighted by Crippen LogP contribution is -2.19. The molecule has 1 aliphatic carbocycles. The first-order chi connectivity index (χ1) is 8.83. The van der Waals surface area contributed by atoms with Crippen molar-refractivity contribution in [3.05, 3.63) is 29.5 Å². The number of ether oxygens (including phenoxy) is 1. The highest BCUT2D eigenvalue weighted by Gasteiger charge is 2.26. The van der Waals surface area contributed by atoms with E-state index in [1.54, 1.807) is 7.11 Å². The zero-order valence-corrected chi connectivity index (χ0v) is 11.0. The molecule has 3 heteroatoms. The second-order valence-corrected chi connectivity index (χ2v) is 4.97. The van der Waals surface area contributed by atoms with Gasteiger partial charge in [-0.1, -0.05) is 6.92 Å². The number of fused-ring (bicyclic) bond motifs is 3. The molecule has 0 fully saturated rings. The third kappa shape index (κ3) is 1.79. The third-order valence-electron chi connectivity index (χ3n) is 3.80. The van der Waals surface area contributed by atoms with Crippen molar-refractivity contribution in [2.24, 2.45) is 0 Å². The zero-order valence-electron chi connectivity index (χ0n) is 11.0. The molecule has 1 unspecified atom stereocenters. The number of hydrogen-bond acceptors (Lipinski definition) is 2. The first-order valence-corrected chi connectivity index (χ1v) is 6.75. The summed E-state index contributed by atoms with van der Waals surface area (Å²) in [7, 11) is 1.72. The number of nitrogens with one attached hydrogen (secondary N) is 2. The van der Waals surface area contributed by atoms with Gasteiger partial charge in [-0.15, -0.1) is 0 Å². The Labute approximate surface area is 108 Å². The number of hydrogen-bond donors (Lipinski definition) is 2. The highest BCUT2D eigenvalue weighted by molar-refractivity contribution is 5.87. The van der Waals surface area contributed by atoms with E-state index < -0.39 is 0 Å². The molecule has 1 aromatic carbocycles. The second-order valence-electron chi connectivity index (χ2n) is 4.97. The molecule has 1 aliphatic rings. The molecule has 2 N–H and O–H groups in total. The average Bonchev–Trinajstić information content (AvgIpc) is 2.94. The Bertz CT molecular complexity index is 559. The SMILES string of the molecule is CCCNC1CCc2[nH]c3ccc(OC)cc3c21. The molecule has 3 rings (SSSR count). The fraction of sp³-hybridized carbons (Fsp3) is 0.467. The van der Waals surface area contributed by atoms with E-state index in [4.69, 9.17) is 4.74 Å². The van der Waals surface area contributed by atoms with E-state index in [1.165, 1.54) is 35.0 Å². The van der Waals surface area contributed by atoms with Crippen molar-refractivity contribution in [2.45, 2.75) is 32.2 Å². The highest BCUT2D eigenvalue weighted by Crippen LogP contribution is 2.38. The Morgan fingerprint density at radius 1 is 1.44 bits per heavy atom. The van der Waals surface area contributed by atoms with Gasteiger partial charge in [-0.3, -0.25) is 0 Å². The molecule has 18 heavy (non-hydrogen) atoms. The van der Waals surface area contributed by atoms with Crippen LogP contribution in [0, 0.1) is 0 Å². The molecule has 0 saturated heterocycles. The minimum atomic E-state index is 0.501. The van der Waals surface area contributed by atoms with Crippen LogP contribution < -0.4 is 10.1 Å². The summed E-state index contributed by atoms with van der Waals surface area (Å²) in [5.41, 5.74) is 4.08. The summed E-state index contributed by atoms with van der Waals surface area (Å²) < 4.78 is 5.33. The summed E-state index contributed by atoms with van der Waals surface area (Å²) >= 11 is 0. The maximum absolute atomic E-state index is 5.33. The lowest BCUT2D eigenvalue weighted by molar-refractivity contribution is 0.415. The fourth-order valence-corrected chi connectivity index (χ4v) is 2.93. The van der Waals surface area contributed by atoms with E-state index in [2.05, 4.69) is 29.4 Å². The van der Waals surface area contributed by atoms with Gasteiger partial charge in [0.1, 0.15) is 5.75 Å². The van der Waals surface area contributed by atoms with Gasteiger partial charge < -0.3 is 15.0 Å². The molecule has 0 spiro atoms. The Balaban J connectivity index is 2.03. The largest absolute Gasteiger partial charge is 0.497 e. The number of H-pyrrole nitrogens is 1. The topological polar surface area (TPSA) is 37.0 Å². The number of aryl methyl sites for hydroxylation is 1. The third-order valence-corrected chi connectivity index (χ3v) is 3.80. The molecule has 3 nitrogen and oxygen atoms in total. The normalized spacial score (nSPS) is 18.2. The molecule has 1 atom stereocenters. The summed E-state index contributed by atoms with van der Waals surface area (Å²) in [5.74, 6) is 0.936. The number of rotatable bonds is 4. The standard InChI is InChI=1S/C15H20N2O/c1-3-8-16-13-6-7-14-15(13)11-9-10(18-2)4-5-12(11)17-14/h4-5,9,13,16-17H,3,6-8H2,1-2H3. The van der Waals surface area contributed by atoms with E-state index in [9.17, 15) is 0 Å². The van der Waals surface area contributed by atoms with Crippen molar-refractivity contribution in [3.63, 3.8) is 0 Å². The Morgan fingerprint density at radius 3 is 3.11 bits per heavy atom. The first-order valence-electron chi connectivity index (χ1n) is 6.75.